The SMILES string of the molecule is CN=C(NCc1cccc(Cn2ccnc2C)c1)N1CCN(c2ccccn2)CC1.I. The summed E-state index contributed by atoms with van der Waals surface area (Å²) < 4.78 is 2.16. The third-order valence-electron chi connectivity index (χ3n) is 5.48. The lowest BCUT2D eigenvalue weighted by molar-refractivity contribution is 0.371. The molecule has 164 valence electrons. The normalized spacial score (nSPS) is 14.3. The van der Waals surface area contributed by atoms with Crippen molar-refractivity contribution in [3.8, 4) is 0 Å². The lowest BCUT2D eigenvalue weighted by atomic mass is 10.1. The van der Waals surface area contributed by atoms with Crippen LogP contribution in [-0.4, -0.2) is 58.6 Å². The van der Waals surface area contributed by atoms with Gasteiger partial charge in [0, 0.05) is 64.9 Å². The molecule has 7 nitrogen and oxygen atoms in total. The van der Waals surface area contributed by atoms with Gasteiger partial charge < -0.3 is 19.7 Å². The van der Waals surface area contributed by atoms with Gasteiger partial charge in [0.15, 0.2) is 5.96 Å². The van der Waals surface area contributed by atoms with E-state index in [0.29, 0.717) is 0 Å². The highest BCUT2D eigenvalue weighted by atomic mass is 127. The first-order valence-electron chi connectivity index (χ1n) is 10.4. The number of aromatic nitrogens is 3. The summed E-state index contributed by atoms with van der Waals surface area (Å²) in [7, 11) is 1.85. The second-order valence-corrected chi connectivity index (χ2v) is 7.49. The molecular formula is C23H30IN7. The molecule has 0 unspecified atom stereocenters. The van der Waals surface area contributed by atoms with Crippen LogP contribution < -0.4 is 10.2 Å². The second kappa shape index (κ2) is 11.1. The van der Waals surface area contributed by atoms with Crippen molar-refractivity contribution in [3.05, 3.63) is 78.0 Å². The summed E-state index contributed by atoms with van der Waals surface area (Å²) in [5.74, 6) is 3.03. The van der Waals surface area contributed by atoms with Crippen LogP contribution >= 0.6 is 24.0 Å². The number of nitrogens with one attached hydrogen (secondary N) is 1. The Kier molecular flexibility index (Phi) is 8.27. The number of imidazole rings is 1. The molecule has 3 heterocycles. The summed E-state index contributed by atoms with van der Waals surface area (Å²) in [5.41, 5.74) is 2.52. The molecule has 0 bridgehead atoms. The van der Waals surface area contributed by atoms with Gasteiger partial charge in [-0.15, -0.1) is 24.0 Å². The molecule has 1 aromatic carbocycles. The fourth-order valence-corrected chi connectivity index (χ4v) is 3.81. The number of rotatable bonds is 5. The lowest BCUT2D eigenvalue weighted by Gasteiger charge is -2.37. The maximum absolute atomic E-state index is 4.50. The molecule has 8 heteroatoms. The first kappa shape index (κ1) is 23.1. The van der Waals surface area contributed by atoms with E-state index in [0.717, 1.165) is 56.9 Å². The van der Waals surface area contributed by atoms with Gasteiger partial charge in [-0.05, 0) is 30.2 Å². The standard InChI is InChI=1S/C23H29N7.HI/c1-19-25-10-11-30(19)18-21-7-5-6-20(16-21)17-27-23(24-2)29-14-12-28(13-15-29)22-8-3-4-9-26-22;/h3-11,16H,12-15,17-18H2,1-2H3,(H,24,27);1H. The molecule has 1 N–H and O–H groups in total. The van der Waals surface area contributed by atoms with Gasteiger partial charge in [-0.1, -0.05) is 30.3 Å². The zero-order chi connectivity index (χ0) is 20.8. The maximum atomic E-state index is 4.50. The number of halogens is 1. The molecule has 0 amide bonds. The second-order valence-electron chi connectivity index (χ2n) is 7.49. The predicted octanol–water partition coefficient (Wildman–Crippen LogP) is 3.15. The monoisotopic (exact) mass is 531 g/mol. The summed E-state index contributed by atoms with van der Waals surface area (Å²) in [5, 5.41) is 3.53. The topological polar surface area (TPSA) is 61.6 Å². The van der Waals surface area contributed by atoms with Crippen molar-refractivity contribution in [1.82, 2.24) is 24.8 Å². The molecule has 0 saturated carbocycles. The smallest absolute Gasteiger partial charge is 0.194 e. The molecule has 0 spiro atoms. The highest BCUT2D eigenvalue weighted by molar-refractivity contribution is 14.0. The third-order valence-corrected chi connectivity index (χ3v) is 5.48. The molecule has 31 heavy (non-hydrogen) atoms. The molecule has 1 aliphatic rings. The minimum Gasteiger partial charge on any atom is -0.353 e. The number of guanidine groups is 1. The van der Waals surface area contributed by atoms with Crippen LogP contribution in [0.15, 0.2) is 66.0 Å². The third kappa shape index (κ3) is 5.96. The average Bonchev–Trinajstić information content (AvgIpc) is 3.20. The van der Waals surface area contributed by atoms with Gasteiger partial charge in [0.1, 0.15) is 11.6 Å². The van der Waals surface area contributed by atoms with Crippen LogP contribution in [0.4, 0.5) is 5.82 Å². The maximum Gasteiger partial charge on any atom is 0.194 e. The van der Waals surface area contributed by atoms with Crippen LogP contribution in [0.3, 0.4) is 0 Å². The molecule has 0 aliphatic carbocycles. The Labute approximate surface area is 201 Å². The number of anilines is 1. The van der Waals surface area contributed by atoms with E-state index < -0.39 is 0 Å². The number of hydrogen-bond donors (Lipinski definition) is 1. The largest absolute Gasteiger partial charge is 0.353 e. The van der Waals surface area contributed by atoms with Crippen molar-refractivity contribution >= 4 is 35.8 Å². The average molecular weight is 531 g/mol. The molecule has 2 aromatic heterocycles. The van der Waals surface area contributed by atoms with E-state index in [9.17, 15) is 0 Å². The number of aliphatic imine (C=N–C) groups is 1. The number of piperazine rings is 1. The predicted molar refractivity (Wildman–Crippen MR) is 136 cm³/mol. The van der Waals surface area contributed by atoms with Crippen LogP contribution in [0.5, 0.6) is 0 Å². The Morgan fingerprint density at radius 1 is 1.00 bits per heavy atom. The van der Waals surface area contributed by atoms with Gasteiger partial charge in [0.2, 0.25) is 0 Å². The van der Waals surface area contributed by atoms with Crippen molar-refractivity contribution in [2.75, 3.05) is 38.1 Å². The van der Waals surface area contributed by atoms with Gasteiger partial charge in [-0.25, -0.2) is 9.97 Å². The first-order chi connectivity index (χ1) is 14.7. The Balaban J connectivity index is 0.00000272. The molecule has 3 aromatic rings. The first-order valence-corrected chi connectivity index (χ1v) is 10.4. The number of aryl methyl sites for hydroxylation is 1. The van der Waals surface area contributed by atoms with Gasteiger partial charge >= 0.3 is 0 Å². The zero-order valence-electron chi connectivity index (χ0n) is 18.1. The Morgan fingerprint density at radius 2 is 1.81 bits per heavy atom. The van der Waals surface area contributed by atoms with E-state index in [1.807, 2.05) is 44.7 Å². The fourth-order valence-electron chi connectivity index (χ4n) is 3.81. The van der Waals surface area contributed by atoms with Crippen LogP contribution in [0.1, 0.15) is 17.0 Å². The summed E-state index contributed by atoms with van der Waals surface area (Å²) in [6.07, 6.45) is 5.72. The van der Waals surface area contributed by atoms with Crippen LogP contribution in [-0.2, 0) is 13.1 Å². The van der Waals surface area contributed by atoms with E-state index in [-0.39, 0.29) is 24.0 Å². The number of benzene rings is 1. The van der Waals surface area contributed by atoms with Crippen molar-refractivity contribution in [2.24, 2.45) is 4.99 Å². The van der Waals surface area contributed by atoms with Crippen LogP contribution in [0.25, 0.3) is 0 Å². The number of hydrogen-bond acceptors (Lipinski definition) is 4. The van der Waals surface area contributed by atoms with E-state index >= 15 is 0 Å². The van der Waals surface area contributed by atoms with Gasteiger partial charge in [0.05, 0.1) is 0 Å². The molecule has 1 aliphatic heterocycles. The summed E-state index contributed by atoms with van der Waals surface area (Å²) >= 11 is 0. The Hall–Kier alpha value is -2.62. The molecule has 1 fully saturated rings. The van der Waals surface area contributed by atoms with Gasteiger partial charge in [-0.3, -0.25) is 4.99 Å². The lowest BCUT2D eigenvalue weighted by Crippen LogP contribution is -2.52. The minimum atomic E-state index is 0. The van der Waals surface area contributed by atoms with Crippen molar-refractivity contribution < 1.29 is 0 Å². The molecular weight excluding hydrogens is 501 g/mol. The van der Waals surface area contributed by atoms with E-state index in [4.69, 9.17) is 0 Å². The highest BCUT2D eigenvalue weighted by Crippen LogP contribution is 2.13. The van der Waals surface area contributed by atoms with Crippen molar-refractivity contribution in [1.29, 1.82) is 0 Å². The Bertz CT molecular complexity index is 978. The van der Waals surface area contributed by atoms with E-state index in [1.54, 1.807) is 0 Å². The van der Waals surface area contributed by atoms with E-state index in [2.05, 4.69) is 65.0 Å². The molecule has 4 rings (SSSR count). The summed E-state index contributed by atoms with van der Waals surface area (Å²) in [6, 6.07) is 14.7. The highest BCUT2D eigenvalue weighted by Gasteiger charge is 2.20. The zero-order valence-corrected chi connectivity index (χ0v) is 20.4. The number of pyridine rings is 1. The fraction of sp³-hybridized carbons (Fsp3) is 0.348. The summed E-state index contributed by atoms with van der Waals surface area (Å²) in [6.45, 7) is 7.36. The van der Waals surface area contributed by atoms with E-state index in [1.165, 1.54) is 11.1 Å². The molecule has 0 atom stereocenters. The van der Waals surface area contributed by atoms with Gasteiger partial charge in [-0.2, -0.15) is 0 Å². The van der Waals surface area contributed by atoms with Crippen LogP contribution in [0.2, 0.25) is 0 Å². The summed E-state index contributed by atoms with van der Waals surface area (Å²) in [4.78, 5) is 17.9. The van der Waals surface area contributed by atoms with Crippen molar-refractivity contribution in [2.45, 2.75) is 20.0 Å². The molecule has 1 saturated heterocycles. The van der Waals surface area contributed by atoms with Crippen LogP contribution in [0, 0.1) is 6.92 Å². The molecule has 0 radical (unpaired) electrons. The Morgan fingerprint density at radius 3 is 2.48 bits per heavy atom. The van der Waals surface area contributed by atoms with Crippen molar-refractivity contribution in [3.63, 3.8) is 0 Å². The number of nitrogens with zero attached hydrogens (tertiary/aromatic N) is 6. The van der Waals surface area contributed by atoms with Gasteiger partial charge in [0.25, 0.3) is 0 Å². The minimum absolute atomic E-state index is 0. The quantitative estimate of drug-likeness (QED) is 0.312.